The van der Waals surface area contributed by atoms with E-state index in [2.05, 4.69) is 10.3 Å². The van der Waals surface area contributed by atoms with Crippen LogP contribution in [-0.4, -0.2) is 31.1 Å². The van der Waals surface area contributed by atoms with Gasteiger partial charge in [-0.15, -0.1) is 0 Å². The first-order chi connectivity index (χ1) is 12.4. The molecule has 7 nitrogen and oxygen atoms in total. The Bertz CT molecular complexity index is 1170. The first kappa shape index (κ1) is 16.3. The molecule has 4 rings (SSSR count). The van der Waals surface area contributed by atoms with E-state index >= 15 is 0 Å². The molecule has 8 heteroatoms. The number of H-pyrrole nitrogens is 1. The van der Waals surface area contributed by atoms with Crippen LogP contribution in [0.15, 0.2) is 63.2 Å². The second-order valence-corrected chi connectivity index (χ2v) is 7.93. The molecule has 132 valence electrons. The zero-order chi connectivity index (χ0) is 18.3. The van der Waals surface area contributed by atoms with E-state index in [0.717, 1.165) is 10.8 Å². The number of pyridine rings is 1. The first-order valence-electron chi connectivity index (χ1n) is 7.85. The third-order valence-electron chi connectivity index (χ3n) is 4.09. The van der Waals surface area contributed by atoms with E-state index in [1.165, 1.54) is 12.1 Å². The summed E-state index contributed by atoms with van der Waals surface area (Å²) in [5, 5.41) is 4.49. The molecule has 0 bridgehead atoms. The number of benzene rings is 1. The molecular weight excluding hydrogens is 356 g/mol. The Hall–Kier alpha value is -3.13. The van der Waals surface area contributed by atoms with E-state index in [4.69, 9.17) is 4.42 Å². The van der Waals surface area contributed by atoms with Gasteiger partial charge in [0, 0.05) is 10.8 Å². The summed E-state index contributed by atoms with van der Waals surface area (Å²) >= 11 is 0. The molecule has 0 aliphatic carbocycles. The van der Waals surface area contributed by atoms with Gasteiger partial charge in [0.05, 0.1) is 17.5 Å². The van der Waals surface area contributed by atoms with E-state index in [0.29, 0.717) is 17.0 Å². The van der Waals surface area contributed by atoms with Crippen molar-refractivity contribution in [1.82, 2.24) is 10.3 Å². The Balaban J connectivity index is 1.59. The van der Waals surface area contributed by atoms with Crippen molar-refractivity contribution in [3.8, 4) is 11.5 Å². The lowest BCUT2D eigenvalue weighted by Gasteiger charge is -2.09. The van der Waals surface area contributed by atoms with Crippen LogP contribution in [0.5, 0.6) is 0 Å². The van der Waals surface area contributed by atoms with Crippen molar-refractivity contribution in [2.75, 3.05) is 5.75 Å². The monoisotopic (exact) mass is 370 g/mol. The fraction of sp³-hybridized carbons (Fsp3) is 0.111. The molecule has 1 atom stereocenters. The largest absolute Gasteiger partial charge is 0.455 e. The first-order valence-corrected chi connectivity index (χ1v) is 9.57. The number of rotatable bonds is 3. The average molecular weight is 370 g/mol. The number of hydrogen-bond acceptors (Lipinski definition) is 5. The standard InChI is InChI=1S/C18H14N2O5S/c21-17(19-12-7-8-26(23,24)10-12)13-5-6-14(20-18(13)22)16-9-11-3-1-2-4-15(11)25-16/h1-9,12H,10H2,(H,19,21)(H,20,22)/t12-/m1/s1. The third-order valence-corrected chi connectivity index (χ3v) is 5.49. The van der Waals surface area contributed by atoms with Crippen LogP contribution in [0.4, 0.5) is 0 Å². The van der Waals surface area contributed by atoms with Crippen molar-refractivity contribution in [1.29, 1.82) is 0 Å². The molecule has 1 amide bonds. The lowest BCUT2D eigenvalue weighted by atomic mass is 10.2. The minimum absolute atomic E-state index is 0.0949. The molecule has 1 aromatic carbocycles. The van der Waals surface area contributed by atoms with Crippen molar-refractivity contribution in [2.45, 2.75) is 6.04 Å². The summed E-state index contributed by atoms with van der Waals surface area (Å²) in [5.74, 6) is -0.345. The Morgan fingerprint density at radius 3 is 2.69 bits per heavy atom. The number of furan rings is 1. The number of para-hydroxylation sites is 1. The van der Waals surface area contributed by atoms with Crippen LogP contribution in [0.3, 0.4) is 0 Å². The van der Waals surface area contributed by atoms with Gasteiger partial charge in [0.25, 0.3) is 11.5 Å². The van der Waals surface area contributed by atoms with Crippen molar-refractivity contribution < 1.29 is 17.6 Å². The summed E-state index contributed by atoms with van der Waals surface area (Å²) in [7, 11) is -3.28. The second kappa shape index (κ2) is 5.99. The Morgan fingerprint density at radius 1 is 1.19 bits per heavy atom. The second-order valence-electron chi connectivity index (χ2n) is 6.00. The van der Waals surface area contributed by atoms with Crippen LogP contribution in [0, 0.1) is 0 Å². The molecular formula is C18H14N2O5S. The highest BCUT2D eigenvalue weighted by atomic mass is 32.2. The predicted octanol–water partition coefficient (Wildman–Crippen LogP) is 1.83. The third kappa shape index (κ3) is 3.06. The molecule has 1 aliphatic rings. The van der Waals surface area contributed by atoms with Crippen molar-refractivity contribution in [3.05, 3.63) is 69.9 Å². The van der Waals surface area contributed by atoms with Crippen LogP contribution < -0.4 is 10.9 Å². The Labute approximate surface area is 148 Å². The van der Waals surface area contributed by atoms with E-state index in [9.17, 15) is 18.0 Å². The fourth-order valence-electron chi connectivity index (χ4n) is 2.82. The topological polar surface area (TPSA) is 109 Å². The highest BCUT2D eigenvalue weighted by Gasteiger charge is 2.24. The maximum atomic E-state index is 12.3. The molecule has 0 unspecified atom stereocenters. The fourth-order valence-corrected chi connectivity index (χ4v) is 4.06. The number of aromatic nitrogens is 1. The van der Waals surface area contributed by atoms with E-state index in [-0.39, 0.29) is 11.3 Å². The maximum Gasteiger partial charge on any atom is 0.261 e. The lowest BCUT2D eigenvalue weighted by Crippen LogP contribution is -2.38. The maximum absolute atomic E-state index is 12.3. The molecule has 3 heterocycles. The van der Waals surface area contributed by atoms with Gasteiger partial charge in [-0.3, -0.25) is 9.59 Å². The minimum Gasteiger partial charge on any atom is -0.455 e. The number of carbonyl (C=O) groups excluding carboxylic acids is 1. The molecule has 0 radical (unpaired) electrons. The van der Waals surface area contributed by atoms with Gasteiger partial charge in [0.2, 0.25) is 0 Å². The average Bonchev–Trinajstić information content (AvgIpc) is 3.17. The van der Waals surface area contributed by atoms with Crippen molar-refractivity contribution in [3.63, 3.8) is 0 Å². The number of aromatic amines is 1. The summed E-state index contributed by atoms with van der Waals surface area (Å²) in [6.07, 6.45) is 1.39. The summed E-state index contributed by atoms with van der Waals surface area (Å²) in [5.41, 5.74) is 0.471. The van der Waals surface area contributed by atoms with Gasteiger partial charge < -0.3 is 14.7 Å². The van der Waals surface area contributed by atoms with Gasteiger partial charge in [-0.25, -0.2) is 8.42 Å². The minimum atomic E-state index is -3.28. The lowest BCUT2D eigenvalue weighted by molar-refractivity contribution is 0.0946. The summed E-state index contributed by atoms with van der Waals surface area (Å²) in [4.78, 5) is 27.1. The molecule has 0 fully saturated rings. The molecule has 0 spiro atoms. The van der Waals surface area contributed by atoms with Gasteiger partial charge in [-0.2, -0.15) is 0 Å². The molecule has 1 aliphatic heterocycles. The van der Waals surface area contributed by atoms with Crippen molar-refractivity contribution in [2.24, 2.45) is 0 Å². The summed E-state index contributed by atoms with van der Waals surface area (Å²) in [6, 6.07) is 11.6. The number of carbonyl (C=O) groups is 1. The summed E-state index contributed by atoms with van der Waals surface area (Å²) < 4.78 is 28.5. The molecule has 2 N–H and O–H groups in total. The molecule has 26 heavy (non-hydrogen) atoms. The Kier molecular flexibility index (Phi) is 3.77. The van der Waals surface area contributed by atoms with Gasteiger partial charge >= 0.3 is 0 Å². The van der Waals surface area contributed by atoms with Crippen LogP contribution in [-0.2, 0) is 9.84 Å². The number of fused-ring (bicyclic) bond motifs is 1. The highest BCUT2D eigenvalue weighted by Crippen LogP contribution is 2.25. The van der Waals surface area contributed by atoms with Crippen LogP contribution in [0.25, 0.3) is 22.4 Å². The normalized spacial score (nSPS) is 18.2. The quantitative estimate of drug-likeness (QED) is 0.731. The molecule has 0 saturated heterocycles. The van der Waals surface area contributed by atoms with E-state index < -0.39 is 27.3 Å². The highest BCUT2D eigenvalue weighted by molar-refractivity contribution is 7.94. The van der Waals surface area contributed by atoms with Crippen molar-refractivity contribution >= 4 is 26.7 Å². The SMILES string of the molecule is O=C(N[C@@H]1C=CS(=O)(=O)C1)c1ccc(-c2cc3ccccc3o2)[nH]c1=O. The summed E-state index contributed by atoms with van der Waals surface area (Å²) in [6.45, 7) is 0. The number of sulfone groups is 1. The van der Waals surface area contributed by atoms with E-state index in [1.807, 2.05) is 24.3 Å². The number of amides is 1. The predicted molar refractivity (Wildman–Crippen MR) is 96.5 cm³/mol. The van der Waals surface area contributed by atoms with Gasteiger partial charge in [0.1, 0.15) is 11.1 Å². The molecule has 3 aromatic rings. The number of hydrogen-bond donors (Lipinski definition) is 2. The zero-order valence-corrected chi connectivity index (χ0v) is 14.2. The van der Waals surface area contributed by atoms with Gasteiger partial charge in [0.15, 0.2) is 15.6 Å². The van der Waals surface area contributed by atoms with Gasteiger partial charge in [-0.05, 0) is 30.3 Å². The van der Waals surface area contributed by atoms with Gasteiger partial charge in [-0.1, -0.05) is 18.2 Å². The molecule has 2 aromatic heterocycles. The van der Waals surface area contributed by atoms with Crippen LogP contribution in [0.2, 0.25) is 0 Å². The van der Waals surface area contributed by atoms with E-state index in [1.54, 1.807) is 12.1 Å². The smallest absolute Gasteiger partial charge is 0.261 e. The molecule has 0 saturated carbocycles. The van der Waals surface area contributed by atoms with Crippen LogP contribution >= 0.6 is 0 Å². The number of nitrogens with one attached hydrogen (secondary N) is 2. The van der Waals surface area contributed by atoms with Crippen LogP contribution in [0.1, 0.15) is 10.4 Å². The Morgan fingerprint density at radius 2 is 2.00 bits per heavy atom. The zero-order valence-electron chi connectivity index (χ0n) is 13.4.